The van der Waals surface area contributed by atoms with Crippen LogP contribution in [-0.4, -0.2) is 11.6 Å². The van der Waals surface area contributed by atoms with Crippen molar-refractivity contribution in [1.29, 1.82) is 0 Å². The van der Waals surface area contributed by atoms with E-state index in [1.165, 1.54) is 16.7 Å². The SMILES string of the molecule is CNC(C)c1ccn(Cc2ccc(C(C)C)cc2)c1. The van der Waals surface area contributed by atoms with E-state index in [0.717, 1.165) is 6.54 Å². The Balaban J connectivity index is 2.06. The Morgan fingerprint density at radius 1 is 1.00 bits per heavy atom. The third kappa shape index (κ3) is 3.48. The summed E-state index contributed by atoms with van der Waals surface area (Å²) in [5.74, 6) is 0.601. The highest BCUT2D eigenvalue weighted by Gasteiger charge is 2.05. The zero-order valence-corrected chi connectivity index (χ0v) is 12.4. The molecule has 0 saturated carbocycles. The summed E-state index contributed by atoms with van der Waals surface area (Å²) in [5.41, 5.74) is 4.09. The fourth-order valence-corrected chi connectivity index (χ4v) is 2.20. The molecule has 0 aliphatic carbocycles. The summed E-state index contributed by atoms with van der Waals surface area (Å²) in [4.78, 5) is 0. The van der Waals surface area contributed by atoms with Gasteiger partial charge in [0.05, 0.1) is 0 Å². The third-order valence-corrected chi connectivity index (χ3v) is 3.72. The Labute approximate surface area is 116 Å². The summed E-state index contributed by atoms with van der Waals surface area (Å²) in [6, 6.07) is 11.5. The predicted octanol–water partition coefficient (Wildman–Crippen LogP) is 3.94. The van der Waals surface area contributed by atoms with E-state index in [1.807, 2.05) is 7.05 Å². The average Bonchev–Trinajstić information content (AvgIpc) is 2.87. The Morgan fingerprint density at radius 3 is 2.26 bits per heavy atom. The molecule has 2 nitrogen and oxygen atoms in total. The lowest BCUT2D eigenvalue weighted by atomic mass is 10.0. The van der Waals surface area contributed by atoms with Gasteiger partial charge in [-0.3, -0.25) is 0 Å². The van der Waals surface area contributed by atoms with Gasteiger partial charge in [-0.2, -0.15) is 0 Å². The zero-order chi connectivity index (χ0) is 13.8. The van der Waals surface area contributed by atoms with Crippen molar-refractivity contribution in [3.63, 3.8) is 0 Å². The van der Waals surface area contributed by atoms with Crippen LogP contribution in [0.25, 0.3) is 0 Å². The highest BCUT2D eigenvalue weighted by molar-refractivity contribution is 5.25. The maximum atomic E-state index is 3.26. The lowest BCUT2D eigenvalue weighted by Crippen LogP contribution is -2.11. The van der Waals surface area contributed by atoms with Crippen molar-refractivity contribution in [3.05, 3.63) is 59.4 Å². The number of benzene rings is 1. The van der Waals surface area contributed by atoms with Crippen molar-refractivity contribution in [3.8, 4) is 0 Å². The van der Waals surface area contributed by atoms with Gasteiger partial charge in [0.1, 0.15) is 0 Å². The molecule has 19 heavy (non-hydrogen) atoms. The number of aromatic nitrogens is 1. The van der Waals surface area contributed by atoms with Crippen LogP contribution >= 0.6 is 0 Å². The number of nitrogens with zero attached hydrogens (tertiary/aromatic N) is 1. The zero-order valence-electron chi connectivity index (χ0n) is 12.4. The van der Waals surface area contributed by atoms with E-state index >= 15 is 0 Å². The van der Waals surface area contributed by atoms with E-state index < -0.39 is 0 Å². The average molecular weight is 256 g/mol. The molecule has 0 amide bonds. The Kier molecular flexibility index (Phi) is 4.43. The van der Waals surface area contributed by atoms with Crippen LogP contribution in [0.1, 0.15) is 49.4 Å². The van der Waals surface area contributed by atoms with E-state index in [-0.39, 0.29) is 0 Å². The number of hydrogen-bond acceptors (Lipinski definition) is 1. The van der Waals surface area contributed by atoms with Crippen LogP contribution in [-0.2, 0) is 6.54 Å². The van der Waals surface area contributed by atoms with Crippen molar-refractivity contribution < 1.29 is 0 Å². The largest absolute Gasteiger partial charge is 0.350 e. The molecule has 0 aliphatic rings. The summed E-state index contributed by atoms with van der Waals surface area (Å²) in [6.45, 7) is 7.57. The summed E-state index contributed by atoms with van der Waals surface area (Å²) < 4.78 is 2.24. The van der Waals surface area contributed by atoms with Crippen LogP contribution < -0.4 is 5.32 Å². The monoisotopic (exact) mass is 256 g/mol. The first-order valence-corrected chi connectivity index (χ1v) is 7.02. The van der Waals surface area contributed by atoms with Crippen LogP contribution in [0.15, 0.2) is 42.7 Å². The van der Waals surface area contributed by atoms with Crippen molar-refractivity contribution in [2.75, 3.05) is 7.05 Å². The first-order chi connectivity index (χ1) is 9.10. The molecule has 0 bridgehead atoms. The van der Waals surface area contributed by atoms with E-state index in [1.54, 1.807) is 0 Å². The molecule has 1 aromatic heterocycles. The molecule has 1 N–H and O–H groups in total. The minimum atomic E-state index is 0.407. The molecule has 0 aliphatic heterocycles. The van der Waals surface area contributed by atoms with Crippen LogP contribution in [0.2, 0.25) is 0 Å². The predicted molar refractivity (Wildman–Crippen MR) is 81.5 cm³/mol. The van der Waals surface area contributed by atoms with Crippen LogP contribution in [0.4, 0.5) is 0 Å². The molecule has 1 heterocycles. The highest BCUT2D eigenvalue weighted by Crippen LogP contribution is 2.17. The van der Waals surface area contributed by atoms with Crippen molar-refractivity contribution in [1.82, 2.24) is 9.88 Å². The smallest absolute Gasteiger partial charge is 0.0470 e. The fraction of sp³-hybridized carbons (Fsp3) is 0.412. The van der Waals surface area contributed by atoms with Gasteiger partial charge in [-0.05, 0) is 42.6 Å². The molecule has 0 fully saturated rings. The number of hydrogen-bond donors (Lipinski definition) is 1. The molecular weight excluding hydrogens is 232 g/mol. The quantitative estimate of drug-likeness (QED) is 0.857. The molecule has 102 valence electrons. The second kappa shape index (κ2) is 6.07. The van der Waals surface area contributed by atoms with E-state index in [9.17, 15) is 0 Å². The van der Waals surface area contributed by atoms with Crippen LogP contribution in [0.5, 0.6) is 0 Å². The lowest BCUT2D eigenvalue weighted by Gasteiger charge is -2.09. The lowest BCUT2D eigenvalue weighted by molar-refractivity contribution is 0.649. The topological polar surface area (TPSA) is 17.0 Å². The standard InChI is InChI=1S/C17H24N2/c1-13(2)16-7-5-15(6-8-16)11-19-10-9-17(12-19)14(3)18-4/h5-10,12-14,18H,11H2,1-4H3. The van der Waals surface area contributed by atoms with Gasteiger partial charge in [0.25, 0.3) is 0 Å². The fourth-order valence-electron chi connectivity index (χ4n) is 2.20. The van der Waals surface area contributed by atoms with Gasteiger partial charge in [-0.25, -0.2) is 0 Å². The van der Waals surface area contributed by atoms with Crippen molar-refractivity contribution in [2.45, 2.75) is 39.3 Å². The molecular formula is C17H24N2. The Morgan fingerprint density at radius 2 is 1.68 bits per heavy atom. The van der Waals surface area contributed by atoms with E-state index in [2.05, 4.69) is 73.4 Å². The van der Waals surface area contributed by atoms with Gasteiger partial charge < -0.3 is 9.88 Å². The first kappa shape index (κ1) is 13.9. The van der Waals surface area contributed by atoms with E-state index in [0.29, 0.717) is 12.0 Å². The Hall–Kier alpha value is -1.54. The van der Waals surface area contributed by atoms with Gasteiger partial charge in [0.2, 0.25) is 0 Å². The van der Waals surface area contributed by atoms with Gasteiger partial charge in [-0.1, -0.05) is 38.1 Å². The van der Waals surface area contributed by atoms with Gasteiger partial charge in [0, 0.05) is 25.0 Å². The molecule has 2 rings (SSSR count). The maximum absolute atomic E-state index is 3.26. The van der Waals surface area contributed by atoms with Crippen molar-refractivity contribution in [2.24, 2.45) is 0 Å². The molecule has 0 spiro atoms. The molecule has 0 saturated heterocycles. The molecule has 1 unspecified atom stereocenters. The molecule has 0 radical (unpaired) electrons. The number of rotatable bonds is 5. The van der Waals surface area contributed by atoms with Gasteiger partial charge in [-0.15, -0.1) is 0 Å². The summed E-state index contributed by atoms with van der Waals surface area (Å²) in [5, 5.41) is 3.26. The second-order valence-electron chi connectivity index (χ2n) is 5.52. The first-order valence-electron chi connectivity index (χ1n) is 7.02. The summed E-state index contributed by atoms with van der Waals surface area (Å²) in [7, 11) is 1.99. The molecule has 2 aromatic rings. The van der Waals surface area contributed by atoms with Crippen LogP contribution in [0, 0.1) is 0 Å². The molecule has 2 heteroatoms. The minimum absolute atomic E-state index is 0.407. The normalized spacial score (nSPS) is 12.9. The summed E-state index contributed by atoms with van der Waals surface area (Å²) in [6.07, 6.45) is 4.37. The van der Waals surface area contributed by atoms with Crippen LogP contribution in [0.3, 0.4) is 0 Å². The second-order valence-corrected chi connectivity index (χ2v) is 5.52. The molecule has 1 atom stereocenters. The summed E-state index contributed by atoms with van der Waals surface area (Å²) >= 11 is 0. The maximum Gasteiger partial charge on any atom is 0.0470 e. The third-order valence-electron chi connectivity index (χ3n) is 3.72. The minimum Gasteiger partial charge on any atom is -0.350 e. The van der Waals surface area contributed by atoms with Gasteiger partial charge in [0.15, 0.2) is 0 Å². The highest BCUT2D eigenvalue weighted by atomic mass is 14.9. The Bertz CT molecular complexity index is 508. The van der Waals surface area contributed by atoms with Crippen molar-refractivity contribution >= 4 is 0 Å². The number of nitrogens with one attached hydrogen (secondary N) is 1. The van der Waals surface area contributed by atoms with E-state index in [4.69, 9.17) is 0 Å². The molecule has 1 aromatic carbocycles. The van der Waals surface area contributed by atoms with Gasteiger partial charge >= 0.3 is 0 Å².